The van der Waals surface area contributed by atoms with Gasteiger partial charge in [0.2, 0.25) is 5.91 Å². The van der Waals surface area contributed by atoms with E-state index in [1.54, 1.807) is 24.5 Å². The summed E-state index contributed by atoms with van der Waals surface area (Å²) >= 11 is 0. The Bertz CT molecular complexity index is 628. The zero-order valence-electron chi connectivity index (χ0n) is 14.9. The quantitative estimate of drug-likeness (QED) is 0.857. The Kier molecular flexibility index (Phi) is 5.84. The van der Waals surface area contributed by atoms with Crippen LogP contribution in [-0.4, -0.2) is 40.8 Å². The van der Waals surface area contributed by atoms with E-state index in [2.05, 4.69) is 17.2 Å². The molecule has 2 aliphatic rings. The van der Waals surface area contributed by atoms with Crippen LogP contribution in [0.1, 0.15) is 55.8 Å². The van der Waals surface area contributed by atoms with Gasteiger partial charge < -0.3 is 10.2 Å². The molecule has 2 amide bonds. The van der Waals surface area contributed by atoms with Gasteiger partial charge in [-0.25, -0.2) is 0 Å². The van der Waals surface area contributed by atoms with Crippen LogP contribution in [0.15, 0.2) is 36.2 Å². The molecule has 1 aliphatic carbocycles. The Morgan fingerprint density at radius 2 is 1.92 bits per heavy atom. The van der Waals surface area contributed by atoms with E-state index >= 15 is 0 Å². The average Bonchev–Trinajstić information content (AvgIpc) is 3.18. The number of piperidine rings is 1. The Morgan fingerprint density at radius 1 is 1.20 bits per heavy atom. The van der Waals surface area contributed by atoms with Gasteiger partial charge in [0.15, 0.2) is 0 Å². The van der Waals surface area contributed by atoms with Crippen LogP contribution in [0.3, 0.4) is 0 Å². The normalized spacial score (nSPS) is 19.9. The molecule has 5 heteroatoms. The van der Waals surface area contributed by atoms with E-state index in [-0.39, 0.29) is 17.9 Å². The van der Waals surface area contributed by atoms with Gasteiger partial charge >= 0.3 is 0 Å². The van der Waals surface area contributed by atoms with Gasteiger partial charge in [0, 0.05) is 37.6 Å². The minimum atomic E-state index is -0.0881. The lowest BCUT2D eigenvalue weighted by Gasteiger charge is -2.32. The number of nitrogens with one attached hydrogen (secondary N) is 1. The summed E-state index contributed by atoms with van der Waals surface area (Å²) in [6.07, 6.45) is 11.7. The molecule has 0 radical (unpaired) electrons. The number of carbonyl (C=O) groups excluding carboxylic acids is 2. The maximum absolute atomic E-state index is 12.5. The maximum atomic E-state index is 12.5. The number of carbonyl (C=O) groups is 2. The highest BCUT2D eigenvalue weighted by Crippen LogP contribution is 2.30. The molecule has 1 aromatic heterocycles. The van der Waals surface area contributed by atoms with Gasteiger partial charge in [-0.15, -0.1) is 0 Å². The second-order valence-electron chi connectivity index (χ2n) is 7.18. The highest BCUT2D eigenvalue weighted by molar-refractivity contribution is 5.94. The Balaban J connectivity index is 1.47. The van der Waals surface area contributed by atoms with Gasteiger partial charge in [0.25, 0.3) is 5.91 Å². The molecular formula is C20H27N3O2. The molecule has 1 saturated carbocycles. The van der Waals surface area contributed by atoms with E-state index in [0.717, 1.165) is 12.8 Å². The summed E-state index contributed by atoms with van der Waals surface area (Å²) in [5.74, 6) is 0.636. The summed E-state index contributed by atoms with van der Waals surface area (Å²) < 4.78 is 0. The van der Waals surface area contributed by atoms with Gasteiger partial charge in [-0.2, -0.15) is 0 Å². The first-order valence-electron chi connectivity index (χ1n) is 9.31. The maximum Gasteiger partial charge on any atom is 0.253 e. The van der Waals surface area contributed by atoms with Gasteiger partial charge in [0.05, 0.1) is 5.56 Å². The highest BCUT2D eigenvalue weighted by atomic mass is 16.2. The van der Waals surface area contributed by atoms with Crippen LogP contribution in [0, 0.1) is 5.92 Å². The van der Waals surface area contributed by atoms with E-state index in [1.807, 2.05) is 11.0 Å². The zero-order valence-corrected chi connectivity index (χ0v) is 14.9. The molecule has 1 aliphatic heterocycles. The number of pyridine rings is 1. The standard InChI is InChI=1S/C20H27N3O2/c1-15(16-5-2-3-6-16)13-19(24)23-11-8-18(9-12-23)22-20(25)17-7-4-10-21-14-17/h4,7,10,13-14,16,18H,2-3,5-6,8-9,11-12H2,1H3,(H,22,25)/b15-13+. The third-order valence-electron chi connectivity index (χ3n) is 5.42. The van der Waals surface area contributed by atoms with E-state index < -0.39 is 0 Å². The Labute approximate surface area is 149 Å². The van der Waals surface area contributed by atoms with Gasteiger partial charge in [-0.3, -0.25) is 14.6 Å². The number of hydrogen-bond acceptors (Lipinski definition) is 3. The molecule has 1 saturated heterocycles. The zero-order chi connectivity index (χ0) is 17.6. The fourth-order valence-corrected chi connectivity index (χ4v) is 3.80. The molecule has 2 heterocycles. The number of aromatic nitrogens is 1. The third kappa shape index (κ3) is 4.68. The molecule has 5 nitrogen and oxygen atoms in total. The van der Waals surface area contributed by atoms with Crippen molar-refractivity contribution in [2.75, 3.05) is 13.1 Å². The van der Waals surface area contributed by atoms with Gasteiger partial charge in [0.1, 0.15) is 0 Å². The van der Waals surface area contributed by atoms with Crippen LogP contribution in [0.25, 0.3) is 0 Å². The first kappa shape index (κ1) is 17.6. The summed E-state index contributed by atoms with van der Waals surface area (Å²) in [4.78, 5) is 30.5. The van der Waals surface area contributed by atoms with Crippen molar-refractivity contribution in [3.05, 3.63) is 41.7 Å². The predicted molar refractivity (Wildman–Crippen MR) is 97.0 cm³/mol. The van der Waals surface area contributed by atoms with E-state index in [9.17, 15) is 9.59 Å². The molecule has 25 heavy (non-hydrogen) atoms. The number of amides is 2. The lowest BCUT2D eigenvalue weighted by molar-refractivity contribution is -0.127. The molecule has 0 atom stereocenters. The SMILES string of the molecule is C/C(=C\C(=O)N1CCC(NC(=O)c2cccnc2)CC1)C1CCCC1. The molecule has 0 unspecified atom stereocenters. The first-order valence-corrected chi connectivity index (χ1v) is 9.31. The second-order valence-corrected chi connectivity index (χ2v) is 7.18. The third-order valence-corrected chi connectivity index (χ3v) is 5.42. The summed E-state index contributed by atoms with van der Waals surface area (Å²) in [6.45, 7) is 3.49. The van der Waals surface area contributed by atoms with Crippen molar-refractivity contribution in [2.45, 2.75) is 51.5 Å². The van der Waals surface area contributed by atoms with E-state index in [4.69, 9.17) is 0 Å². The fourth-order valence-electron chi connectivity index (χ4n) is 3.80. The fraction of sp³-hybridized carbons (Fsp3) is 0.550. The van der Waals surface area contributed by atoms with Crippen molar-refractivity contribution < 1.29 is 9.59 Å². The predicted octanol–water partition coefficient (Wildman–Crippen LogP) is 2.94. The minimum absolute atomic E-state index is 0.0881. The monoisotopic (exact) mass is 341 g/mol. The van der Waals surface area contributed by atoms with Gasteiger partial charge in [-0.1, -0.05) is 18.4 Å². The number of allylic oxidation sites excluding steroid dienone is 1. The summed E-state index contributed by atoms with van der Waals surface area (Å²) in [6, 6.07) is 3.64. The minimum Gasteiger partial charge on any atom is -0.349 e. The molecular weight excluding hydrogens is 314 g/mol. The van der Waals surface area contributed by atoms with Crippen molar-refractivity contribution >= 4 is 11.8 Å². The number of likely N-dealkylation sites (tertiary alicyclic amines) is 1. The van der Waals surface area contributed by atoms with Crippen LogP contribution in [-0.2, 0) is 4.79 Å². The first-order chi connectivity index (χ1) is 12.1. The van der Waals surface area contributed by atoms with E-state index in [1.165, 1.54) is 31.3 Å². The lowest BCUT2D eigenvalue weighted by Crippen LogP contribution is -2.46. The molecule has 0 aromatic carbocycles. The van der Waals surface area contributed by atoms with Crippen LogP contribution in [0.5, 0.6) is 0 Å². The average molecular weight is 341 g/mol. The van der Waals surface area contributed by atoms with Gasteiger partial charge in [-0.05, 0) is 50.7 Å². The summed E-state index contributed by atoms with van der Waals surface area (Å²) in [5, 5.41) is 3.05. The summed E-state index contributed by atoms with van der Waals surface area (Å²) in [5.41, 5.74) is 1.81. The topological polar surface area (TPSA) is 62.3 Å². The van der Waals surface area contributed by atoms with Crippen LogP contribution in [0.2, 0.25) is 0 Å². The van der Waals surface area contributed by atoms with Crippen molar-refractivity contribution in [3.8, 4) is 0 Å². The lowest BCUT2D eigenvalue weighted by atomic mass is 9.98. The summed E-state index contributed by atoms with van der Waals surface area (Å²) in [7, 11) is 0. The molecule has 0 bridgehead atoms. The largest absolute Gasteiger partial charge is 0.349 e. The highest BCUT2D eigenvalue weighted by Gasteiger charge is 2.24. The molecule has 1 N–H and O–H groups in total. The van der Waals surface area contributed by atoms with Crippen molar-refractivity contribution in [2.24, 2.45) is 5.92 Å². The molecule has 0 spiro atoms. The molecule has 134 valence electrons. The molecule has 1 aromatic rings. The van der Waals surface area contributed by atoms with Crippen LogP contribution < -0.4 is 5.32 Å². The second kappa shape index (κ2) is 8.28. The van der Waals surface area contributed by atoms with Crippen LogP contribution >= 0.6 is 0 Å². The molecule has 2 fully saturated rings. The number of nitrogens with zero attached hydrogens (tertiary/aromatic N) is 2. The Hall–Kier alpha value is -2.17. The van der Waals surface area contributed by atoms with Crippen molar-refractivity contribution in [3.63, 3.8) is 0 Å². The van der Waals surface area contributed by atoms with Crippen molar-refractivity contribution in [1.29, 1.82) is 0 Å². The number of hydrogen-bond donors (Lipinski definition) is 1. The van der Waals surface area contributed by atoms with Crippen molar-refractivity contribution in [1.82, 2.24) is 15.2 Å². The van der Waals surface area contributed by atoms with E-state index in [0.29, 0.717) is 24.6 Å². The Morgan fingerprint density at radius 3 is 2.56 bits per heavy atom. The smallest absolute Gasteiger partial charge is 0.253 e. The number of rotatable bonds is 4. The van der Waals surface area contributed by atoms with Crippen LogP contribution in [0.4, 0.5) is 0 Å². The molecule has 3 rings (SSSR count).